The van der Waals surface area contributed by atoms with Gasteiger partial charge in [0.15, 0.2) is 21.6 Å². The summed E-state index contributed by atoms with van der Waals surface area (Å²) < 4.78 is 36.0. The lowest BCUT2D eigenvalue weighted by molar-refractivity contribution is -0.119. The summed E-state index contributed by atoms with van der Waals surface area (Å²) in [4.78, 5) is 18.8. The van der Waals surface area contributed by atoms with Crippen LogP contribution in [-0.2, 0) is 21.2 Å². The number of fused-ring (bicyclic) bond motifs is 1. The van der Waals surface area contributed by atoms with Crippen molar-refractivity contribution in [3.8, 4) is 11.5 Å². The molecule has 7 nitrogen and oxygen atoms in total. The van der Waals surface area contributed by atoms with Gasteiger partial charge in [-0.15, -0.1) is 0 Å². The van der Waals surface area contributed by atoms with Gasteiger partial charge < -0.3 is 14.4 Å². The first-order valence-corrected chi connectivity index (χ1v) is 14.4. The van der Waals surface area contributed by atoms with Gasteiger partial charge in [-0.05, 0) is 54.1 Å². The Labute approximate surface area is 219 Å². The summed E-state index contributed by atoms with van der Waals surface area (Å²) in [6.45, 7) is 0.205. The molecule has 0 aromatic heterocycles. The van der Waals surface area contributed by atoms with Gasteiger partial charge in [0, 0.05) is 16.0 Å². The zero-order valence-corrected chi connectivity index (χ0v) is 21.5. The molecule has 3 aromatic carbocycles. The number of anilines is 1. The Kier molecular flexibility index (Phi) is 7.22. The molecule has 0 saturated carbocycles. The summed E-state index contributed by atoms with van der Waals surface area (Å²) in [7, 11) is -3.16. The number of nitrogens with zero attached hydrogens (tertiary/aromatic N) is 2. The maximum absolute atomic E-state index is 12.6. The third kappa shape index (κ3) is 5.86. The van der Waals surface area contributed by atoms with Crippen molar-refractivity contribution in [3.05, 3.63) is 89.4 Å². The van der Waals surface area contributed by atoms with Crippen LogP contribution in [-0.4, -0.2) is 48.9 Å². The lowest BCUT2D eigenvalue weighted by atomic mass is 10.2. The number of carbonyl (C=O) groups excluding carboxylic acids is 1. The number of hydrogen-bond acceptors (Lipinski definition) is 6. The molecule has 10 heteroatoms. The Morgan fingerprint density at radius 3 is 2.33 bits per heavy atom. The number of rotatable bonds is 7. The fourth-order valence-corrected chi connectivity index (χ4v) is 8.18. The van der Waals surface area contributed by atoms with Crippen molar-refractivity contribution in [1.82, 2.24) is 0 Å². The summed E-state index contributed by atoms with van der Waals surface area (Å²) in [5.41, 5.74) is 1.81. The van der Waals surface area contributed by atoms with E-state index in [0.29, 0.717) is 28.3 Å². The summed E-state index contributed by atoms with van der Waals surface area (Å²) in [5, 5.41) is 0.861. The van der Waals surface area contributed by atoms with E-state index in [1.807, 2.05) is 59.5 Å². The van der Waals surface area contributed by atoms with Crippen LogP contribution in [0.5, 0.6) is 11.5 Å². The summed E-state index contributed by atoms with van der Waals surface area (Å²) in [6, 6.07) is 23.7. The fourth-order valence-electron chi connectivity index (χ4n) is 4.13. The van der Waals surface area contributed by atoms with Gasteiger partial charge in [-0.1, -0.05) is 53.7 Å². The van der Waals surface area contributed by atoms with Crippen LogP contribution in [0.25, 0.3) is 0 Å². The molecule has 2 heterocycles. The molecular weight excluding hydrogens is 520 g/mol. The molecule has 186 valence electrons. The number of thioether (sulfide) groups is 1. The average molecular weight is 543 g/mol. The van der Waals surface area contributed by atoms with E-state index in [1.54, 1.807) is 24.3 Å². The fraction of sp³-hybridized carbons (Fsp3) is 0.231. The van der Waals surface area contributed by atoms with Crippen LogP contribution in [0.1, 0.15) is 5.56 Å². The molecular formula is C26H23ClN2O5S2. The zero-order valence-electron chi connectivity index (χ0n) is 19.1. The van der Waals surface area contributed by atoms with E-state index in [-0.39, 0.29) is 29.4 Å². The van der Waals surface area contributed by atoms with Crippen LogP contribution < -0.4 is 14.4 Å². The molecule has 0 radical (unpaired) electrons. The highest BCUT2D eigenvalue weighted by Gasteiger charge is 2.49. The monoisotopic (exact) mass is 542 g/mol. The number of aliphatic imine (C=N–C) groups is 1. The predicted molar refractivity (Wildman–Crippen MR) is 143 cm³/mol. The molecule has 2 aliphatic heterocycles. The molecule has 0 bridgehead atoms. The standard InChI is InChI=1S/C26H23ClN2O5S2/c27-19-6-10-21(11-7-19)34-15-25(30)28-26-29(23-16-36(31,32)17-24(23)35-26)20-8-12-22(13-9-20)33-14-18-4-2-1-3-5-18/h1-13,23-24H,14-17H2/t23-,24-/m0/s1. The minimum absolute atomic E-state index is 0.0193. The number of ether oxygens (including phenoxy) is 2. The second-order valence-electron chi connectivity index (χ2n) is 8.47. The lowest BCUT2D eigenvalue weighted by Gasteiger charge is -2.24. The second-order valence-corrected chi connectivity index (χ2v) is 12.3. The largest absolute Gasteiger partial charge is 0.489 e. The molecule has 2 atom stereocenters. The molecule has 2 saturated heterocycles. The topological polar surface area (TPSA) is 85.3 Å². The SMILES string of the molecule is O=C(COc1ccc(Cl)cc1)N=C1S[C@H]2CS(=O)(=O)C[C@@H]2N1c1ccc(OCc2ccccc2)cc1. The van der Waals surface area contributed by atoms with E-state index < -0.39 is 15.7 Å². The van der Waals surface area contributed by atoms with Gasteiger partial charge in [0.25, 0.3) is 5.91 Å². The zero-order chi connectivity index (χ0) is 25.1. The van der Waals surface area contributed by atoms with Crippen LogP contribution in [0, 0.1) is 0 Å². The van der Waals surface area contributed by atoms with Crippen molar-refractivity contribution in [3.63, 3.8) is 0 Å². The molecule has 0 aliphatic carbocycles. The van der Waals surface area contributed by atoms with Gasteiger partial charge in [-0.3, -0.25) is 4.79 Å². The van der Waals surface area contributed by atoms with Crippen LogP contribution in [0.4, 0.5) is 5.69 Å². The first-order chi connectivity index (χ1) is 17.4. The number of amidine groups is 1. The van der Waals surface area contributed by atoms with Crippen molar-refractivity contribution in [2.45, 2.75) is 17.9 Å². The third-order valence-electron chi connectivity index (χ3n) is 5.83. The molecule has 5 rings (SSSR count). The number of benzene rings is 3. The minimum Gasteiger partial charge on any atom is -0.489 e. The predicted octanol–water partition coefficient (Wildman–Crippen LogP) is 4.60. The summed E-state index contributed by atoms with van der Waals surface area (Å²) in [5.74, 6) is 0.828. The summed E-state index contributed by atoms with van der Waals surface area (Å²) >= 11 is 7.20. The third-order valence-corrected chi connectivity index (χ3v) is 9.29. The smallest absolute Gasteiger partial charge is 0.285 e. The van der Waals surface area contributed by atoms with Crippen molar-refractivity contribution >= 4 is 50.0 Å². The van der Waals surface area contributed by atoms with Gasteiger partial charge >= 0.3 is 0 Å². The van der Waals surface area contributed by atoms with Crippen LogP contribution >= 0.6 is 23.4 Å². The molecule has 2 aliphatic rings. The Morgan fingerprint density at radius 1 is 0.944 bits per heavy atom. The van der Waals surface area contributed by atoms with E-state index in [1.165, 1.54) is 11.8 Å². The molecule has 2 fully saturated rings. The van der Waals surface area contributed by atoms with Crippen molar-refractivity contribution in [1.29, 1.82) is 0 Å². The van der Waals surface area contributed by atoms with Crippen molar-refractivity contribution in [2.75, 3.05) is 23.0 Å². The van der Waals surface area contributed by atoms with Crippen LogP contribution in [0.15, 0.2) is 83.9 Å². The quantitative estimate of drug-likeness (QED) is 0.431. The Bertz CT molecular complexity index is 1360. The van der Waals surface area contributed by atoms with Gasteiger partial charge in [0.2, 0.25) is 0 Å². The highest BCUT2D eigenvalue weighted by atomic mass is 35.5. The van der Waals surface area contributed by atoms with E-state index in [4.69, 9.17) is 21.1 Å². The molecule has 0 spiro atoms. The van der Waals surface area contributed by atoms with Gasteiger partial charge in [0.05, 0.1) is 17.5 Å². The molecule has 36 heavy (non-hydrogen) atoms. The normalized spacial score (nSPS) is 21.4. The second kappa shape index (κ2) is 10.5. The Morgan fingerprint density at radius 2 is 1.61 bits per heavy atom. The highest BCUT2D eigenvalue weighted by molar-refractivity contribution is 8.16. The number of hydrogen-bond donors (Lipinski definition) is 0. The minimum atomic E-state index is -3.16. The van der Waals surface area contributed by atoms with E-state index in [2.05, 4.69) is 4.99 Å². The van der Waals surface area contributed by atoms with E-state index in [9.17, 15) is 13.2 Å². The molecule has 0 N–H and O–H groups in total. The maximum Gasteiger partial charge on any atom is 0.285 e. The van der Waals surface area contributed by atoms with Crippen LogP contribution in [0.2, 0.25) is 5.02 Å². The van der Waals surface area contributed by atoms with Gasteiger partial charge in [-0.25, -0.2) is 8.42 Å². The van der Waals surface area contributed by atoms with Gasteiger partial charge in [0.1, 0.15) is 18.1 Å². The number of halogens is 1. The first-order valence-electron chi connectivity index (χ1n) is 11.3. The molecule has 1 amide bonds. The number of sulfone groups is 1. The highest BCUT2D eigenvalue weighted by Crippen LogP contribution is 2.41. The summed E-state index contributed by atoms with van der Waals surface area (Å²) in [6.07, 6.45) is 0. The lowest BCUT2D eigenvalue weighted by Crippen LogP contribution is -2.37. The van der Waals surface area contributed by atoms with E-state index >= 15 is 0 Å². The van der Waals surface area contributed by atoms with Crippen LogP contribution in [0.3, 0.4) is 0 Å². The van der Waals surface area contributed by atoms with Crippen molar-refractivity contribution in [2.24, 2.45) is 4.99 Å². The average Bonchev–Trinajstić information content (AvgIpc) is 3.34. The molecule has 3 aromatic rings. The molecule has 0 unspecified atom stereocenters. The Hall–Kier alpha value is -3.01. The Balaban J connectivity index is 1.31. The van der Waals surface area contributed by atoms with E-state index in [0.717, 1.165) is 11.3 Å². The maximum atomic E-state index is 12.6. The van der Waals surface area contributed by atoms with Crippen molar-refractivity contribution < 1.29 is 22.7 Å². The number of carbonyl (C=O) groups is 1. The first kappa shape index (κ1) is 24.7. The van der Waals surface area contributed by atoms with Gasteiger partial charge in [-0.2, -0.15) is 4.99 Å². The number of amides is 1.